The van der Waals surface area contributed by atoms with Gasteiger partial charge in [0.1, 0.15) is 5.82 Å². The van der Waals surface area contributed by atoms with Crippen LogP contribution >= 0.6 is 0 Å². The monoisotopic (exact) mass is 251 g/mol. The van der Waals surface area contributed by atoms with Crippen molar-refractivity contribution in [1.29, 1.82) is 0 Å². The Balaban J connectivity index is 2.30. The number of aromatic nitrogens is 1. The van der Waals surface area contributed by atoms with Crippen molar-refractivity contribution in [2.45, 2.75) is 46.1 Å². The Labute approximate surface area is 110 Å². The van der Waals surface area contributed by atoms with Crippen LogP contribution in [-0.4, -0.2) is 11.6 Å². The van der Waals surface area contributed by atoms with E-state index in [-0.39, 0.29) is 0 Å². The summed E-state index contributed by atoms with van der Waals surface area (Å²) in [4.78, 5) is 4.31. The van der Waals surface area contributed by atoms with Gasteiger partial charge in [-0.05, 0) is 24.5 Å². The SMILES string of the molecule is CCCCC(CC)COCc1cccc(NN)n1. The Morgan fingerprint density at radius 2 is 2.22 bits per heavy atom. The summed E-state index contributed by atoms with van der Waals surface area (Å²) in [5.74, 6) is 6.66. The summed E-state index contributed by atoms with van der Waals surface area (Å²) in [6, 6.07) is 5.71. The smallest absolute Gasteiger partial charge is 0.140 e. The predicted molar refractivity (Wildman–Crippen MR) is 75.0 cm³/mol. The van der Waals surface area contributed by atoms with E-state index in [9.17, 15) is 0 Å². The van der Waals surface area contributed by atoms with Gasteiger partial charge in [0, 0.05) is 6.61 Å². The average Bonchev–Trinajstić information content (AvgIpc) is 2.43. The fourth-order valence-corrected chi connectivity index (χ4v) is 1.87. The number of ether oxygens (including phenoxy) is 1. The number of hydrogen-bond donors (Lipinski definition) is 2. The highest BCUT2D eigenvalue weighted by atomic mass is 16.5. The molecule has 0 fully saturated rings. The minimum absolute atomic E-state index is 0.554. The van der Waals surface area contributed by atoms with E-state index in [0.29, 0.717) is 18.3 Å². The molecule has 4 nitrogen and oxygen atoms in total. The molecule has 3 N–H and O–H groups in total. The van der Waals surface area contributed by atoms with Crippen LogP contribution in [0.2, 0.25) is 0 Å². The van der Waals surface area contributed by atoms with E-state index in [1.165, 1.54) is 25.7 Å². The number of rotatable bonds is 9. The van der Waals surface area contributed by atoms with Crippen LogP contribution in [0, 0.1) is 5.92 Å². The van der Waals surface area contributed by atoms with E-state index in [4.69, 9.17) is 10.6 Å². The number of nitrogens with zero attached hydrogens (tertiary/aromatic N) is 1. The molecule has 0 radical (unpaired) electrons. The van der Waals surface area contributed by atoms with Crippen LogP contribution in [-0.2, 0) is 11.3 Å². The number of nitrogens with one attached hydrogen (secondary N) is 1. The van der Waals surface area contributed by atoms with Gasteiger partial charge < -0.3 is 10.2 Å². The standard InChI is InChI=1S/C14H25N3O/c1-3-5-7-12(4-2)10-18-11-13-8-6-9-14(16-13)17-15/h6,8-9,12H,3-5,7,10-11,15H2,1-2H3,(H,16,17). The first-order chi connectivity index (χ1) is 8.80. The first-order valence-electron chi connectivity index (χ1n) is 6.80. The maximum Gasteiger partial charge on any atom is 0.140 e. The van der Waals surface area contributed by atoms with Gasteiger partial charge in [0.05, 0.1) is 12.3 Å². The number of pyridine rings is 1. The Morgan fingerprint density at radius 3 is 2.89 bits per heavy atom. The lowest BCUT2D eigenvalue weighted by molar-refractivity contribution is 0.0800. The summed E-state index contributed by atoms with van der Waals surface area (Å²) in [5, 5.41) is 0. The zero-order chi connectivity index (χ0) is 13.2. The summed E-state index contributed by atoms with van der Waals surface area (Å²) in [6.45, 7) is 5.82. The molecule has 0 aliphatic rings. The Kier molecular flexibility index (Phi) is 7.37. The van der Waals surface area contributed by atoms with Gasteiger partial charge in [-0.2, -0.15) is 0 Å². The van der Waals surface area contributed by atoms with Crippen molar-refractivity contribution >= 4 is 5.82 Å². The van der Waals surface area contributed by atoms with Gasteiger partial charge in [-0.25, -0.2) is 10.8 Å². The lowest BCUT2D eigenvalue weighted by atomic mass is 10.0. The molecule has 0 spiro atoms. The first-order valence-corrected chi connectivity index (χ1v) is 6.80. The van der Waals surface area contributed by atoms with Gasteiger partial charge in [-0.1, -0.05) is 39.2 Å². The molecule has 1 rings (SSSR count). The van der Waals surface area contributed by atoms with Gasteiger partial charge in [0.15, 0.2) is 0 Å². The molecule has 1 heterocycles. The van der Waals surface area contributed by atoms with Crippen molar-refractivity contribution in [2.75, 3.05) is 12.0 Å². The minimum atomic E-state index is 0.554. The second-order valence-corrected chi connectivity index (χ2v) is 4.59. The van der Waals surface area contributed by atoms with E-state index in [1.54, 1.807) is 0 Å². The minimum Gasteiger partial charge on any atom is -0.375 e. The molecule has 1 unspecified atom stereocenters. The van der Waals surface area contributed by atoms with Crippen molar-refractivity contribution in [2.24, 2.45) is 11.8 Å². The second-order valence-electron chi connectivity index (χ2n) is 4.59. The summed E-state index contributed by atoms with van der Waals surface area (Å²) in [5.41, 5.74) is 3.45. The summed E-state index contributed by atoms with van der Waals surface area (Å²) in [7, 11) is 0. The van der Waals surface area contributed by atoms with Crippen LogP contribution in [0.3, 0.4) is 0 Å². The van der Waals surface area contributed by atoms with Crippen molar-refractivity contribution in [3.63, 3.8) is 0 Å². The Morgan fingerprint density at radius 1 is 1.39 bits per heavy atom. The summed E-state index contributed by atoms with van der Waals surface area (Å²) < 4.78 is 5.74. The molecule has 0 amide bonds. The fraction of sp³-hybridized carbons (Fsp3) is 0.643. The van der Waals surface area contributed by atoms with Crippen LogP contribution in [0.4, 0.5) is 5.82 Å². The molecule has 0 bridgehead atoms. The molecule has 0 saturated carbocycles. The molecule has 1 atom stereocenters. The average molecular weight is 251 g/mol. The molecule has 102 valence electrons. The predicted octanol–water partition coefficient (Wildman–Crippen LogP) is 3.10. The molecular formula is C14H25N3O. The first kappa shape index (κ1) is 14.9. The highest BCUT2D eigenvalue weighted by molar-refractivity contribution is 5.33. The fourth-order valence-electron chi connectivity index (χ4n) is 1.87. The number of hydrogen-bond acceptors (Lipinski definition) is 4. The molecule has 0 aliphatic carbocycles. The lowest BCUT2D eigenvalue weighted by Crippen LogP contribution is -2.11. The van der Waals surface area contributed by atoms with Gasteiger partial charge in [0.25, 0.3) is 0 Å². The Hall–Kier alpha value is -1.13. The third-order valence-corrected chi connectivity index (χ3v) is 3.10. The van der Waals surface area contributed by atoms with E-state index in [2.05, 4.69) is 24.3 Å². The normalized spacial score (nSPS) is 12.4. The summed E-state index contributed by atoms with van der Waals surface area (Å²) in [6.07, 6.45) is 4.97. The molecule has 0 saturated heterocycles. The quantitative estimate of drug-likeness (QED) is 0.523. The van der Waals surface area contributed by atoms with Crippen LogP contribution in [0.5, 0.6) is 0 Å². The summed E-state index contributed by atoms with van der Waals surface area (Å²) >= 11 is 0. The molecule has 18 heavy (non-hydrogen) atoms. The number of nitrogen functional groups attached to an aromatic ring is 1. The zero-order valence-electron chi connectivity index (χ0n) is 11.5. The maximum absolute atomic E-state index is 5.74. The van der Waals surface area contributed by atoms with Gasteiger partial charge in [-0.3, -0.25) is 0 Å². The topological polar surface area (TPSA) is 60.2 Å². The van der Waals surface area contributed by atoms with Crippen molar-refractivity contribution < 1.29 is 4.74 Å². The molecule has 1 aromatic rings. The lowest BCUT2D eigenvalue weighted by Gasteiger charge is -2.14. The highest BCUT2D eigenvalue weighted by Gasteiger charge is 2.06. The highest BCUT2D eigenvalue weighted by Crippen LogP contribution is 2.14. The largest absolute Gasteiger partial charge is 0.375 e. The van der Waals surface area contributed by atoms with Crippen LogP contribution in [0.1, 0.15) is 45.2 Å². The van der Waals surface area contributed by atoms with E-state index < -0.39 is 0 Å². The molecule has 1 aromatic heterocycles. The number of nitrogens with two attached hydrogens (primary N) is 1. The van der Waals surface area contributed by atoms with Crippen LogP contribution in [0.25, 0.3) is 0 Å². The van der Waals surface area contributed by atoms with Crippen molar-refractivity contribution in [1.82, 2.24) is 4.98 Å². The van der Waals surface area contributed by atoms with Crippen LogP contribution < -0.4 is 11.3 Å². The van der Waals surface area contributed by atoms with E-state index in [1.807, 2.05) is 18.2 Å². The van der Waals surface area contributed by atoms with Crippen molar-refractivity contribution in [3.05, 3.63) is 23.9 Å². The van der Waals surface area contributed by atoms with Crippen LogP contribution in [0.15, 0.2) is 18.2 Å². The van der Waals surface area contributed by atoms with Gasteiger partial charge in [-0.15, -0.1) is 0 Å². The second kappa shape index (κ2) is 8.89. The molecular weight excluding hydrogens is 226 g/mol. The van der Waals surface area contributed by atoms with Gasteiger partial charge in [0.2, 0.25) is 0 Å². The van der Waals surface area contributed by atoms with E-state index in [0.717, 1.165) is 12.3 Å². The number of unbranched alkanes of at least 4 members (excludes halogenated alkanes) is 1. The van der Waals surface area contributed by atoms with E-state index >= 15 is 0 Å². The zero-order valence-corrected chi connectivity index (χ0v) is 11.5. The number of anilines is 1. The third-order valence-electron chi connectivity index (χ3n) is 3.10. The maximum atomic E-state index is 5.74. The Bertz CT molecular complexity index is 331. The number of hydrazine groups is 1. The molecule has 0 aliphatic heterocycles. The third kappa shape index (κ3) is 5.47. The van der Waals surface area contributed by atoms with Crippen molar-refractivity contribution in [3.8, 4) is 0 Å². The molecule has 0 aromatic carbocycles. The van der Waals surface area contributed by atoms with Gasteiger partial charge >= 0.3 is 0 Å². The molecule has 4 heteroatoms.